The molecule has 0 saturated carbocycles. The first-order valence-electron chi connectivity index (χ1n) is 12.7. The third kappa shape index (κ3) is 4.37. The highest BCUT2D eigenvalue weighted by molar-refractivity contribution is 6.03. The largest absolute Gasteiger partial charge is 0.326 e. The number of rotatable bonds is 6. The second-order valence-electron chi connectivity index (χ2n) is 9.97. The molecular weight excluding hydrogens is 438 g/mol. The molecule has 0 unspecified atom stereocenters. The molecule has 0 aliphatic carbocycles. The maximum atomic E-state index is 5.15. The molecule has 3 heteroatoms. The summed E-state index contributed by atoms with van der Waals surface area (Å²) >= 11 is 0. The molecule has 1 aromatic heterocycles. The highest BCUT2D eigenvalue weighted by Gasteiger charge is 2.18. The summed E-state index contributed by atoms with van der Waals surface area (Å²) in [5.74, 6) is 1.63. The molecular formula is C33H33N3. The second kappa shape index (κ2) is 9.94. The molecule has 0 amide bonds. The number of hydrogen-bond acceptors (Lipinski definition) is 2. The van der Waals surface area contributed by atoms with Crippen LogP contribution in [0.15, 0.2) is 96.0 Å². The van der Waals surface area contributed by atoms with Crippen LogP contribution < -0.4 is 0 Å². The molecule has 36 heavy (non-hydrogen) atoms. The Hall–Kier alpha value is -3.98. The standard InChI is InChI=1S/C33H33N3/c1-22(2)26-17-12-18-27(23(3)4)31(26)34-21-30-35-32-28(24-13-8-6-9-14-24)19-20-29(33(32)36(30)5)25-15-10-7-11-16-25/h6-23H,1-5H3/b34-21+. The van der Waals surface area contributed by atoms with Gasteiger partial charge in [0.2, 0.25) is 0 Å². The van der Waals surface area contributed by atoms with Crippen LogP contribution >= 0.6 is 0 Å². The summed E-state index contributed by atoms with van der Waals surface area (Å²) in [6.45, 7) is 8.91. The Kier molecular flexibility index (Phi) is 6.56. The zero-order valence-electron chi connectivity index (χ0n) is 21.7. The third-order valence-corrected chi connectivity index (χ3v) is 6.88. The van der Waals surface area contributed by atoms with E-state index in [2.05, 4.69) is 124 Å². The average molecular weight is 472 g/mol. The average Bonchev–Trinajstić information content (AvgIpc) is 3.23. The maximum absolute atomic E-state index is 5.15. The number of hydrogen-bond donors (Lipinski definition) is 0. The predicted octanol–water partition coefficient (Wildman–Crippen LogP) is 8.90. The van der Waals surface area contributed by atoms with Gasteiger partial charge in [0.1, 0.15) is 0 Å². The summed E-state index contributed by atoms with van der Waals surface area (Å²) < 4.78 is 2.18. The van der Waals surface area contributed by atoms with Gasteiger partial charge in [-0.25, -0.2) is 4.98 Å². The Balaban J connectivity index is 1.73. The highest BCUT2D eigenvalue weighted by atomic mass is 15.1. The van der Waals surface area contributed by atoms with Gasteiger partial charge in [0.15, 0.2) is 5.82 Å². The van der Waals surface area contributed by atoms with Gasteiger partial charge in [0.25, 0.3) is 0 Å². The number of benzene rings is 4. The minimum Gasteiger partial charge on any atom is -0.326 e. The van der Waals surface area contributed by atoms with E-state index in [1.54, 1.807) is 0 Å². The molecule has 180 valence electrons. The molecule has 5 rings (SSSR count). The molecule has 0 N–H and O–H groups in total. The van der Waals surface area contributed by atoms with Crippen LogP contribution in [-0.4, -0.2) is 15.8 Å². The zero-order valence-corrected chi connectivity index (χ0v) is 21.7. The fraction of sp³-hybridized carbons (Fsp3) is 0.212. The van der Waals surface area contributed by atoms with Crippen molar-refractivity contribution in [2.24, 2.45) is 12.0 Å². The van der Waals surface area contributed by atoms with Gasteiger partial charge < -0.3 is 4.57 Å². The summed E-state index contributed by atoms with van der Waals surface area (Å²) in [7, 11) is 2.09. The fourth-order valence-electron chi connectivity index (χ4n) is 4.94. The van der Waals surface area contributed by atoms with Crippen molar-refractivity contribution in [2.45, 2.75) is 39.5 Å². The van der Waals surface area contributed by atoms with Crippen LogP contribution in [-0.2, 0) is 7.05 Å². The van der Waals surface area contributed by atoms with Crippen LogP contribution in [0, 0.1) is 0 Å². The van der Waals surface area contributed by atoms with Gasteiger partial charge in [-0.3, -0.25) is 4.99 Å². The van der Waals surface area contributed by atoms with Crippen molar-refractivity contribution in [1.29, 1.82) is 0 Å². The number of aryl methyl sites for hydroxylation is 1. The van der Waals surface area contributed by atoms with Crippen molar-refractivity contribution < 1.29 is 0 Å². The van der Waals surface area contributed by atoms with Crippen LogP contribution in [0.2, 0.25) is 0 Å². The molecule has 0 aliphatic heterocycles. The number of nitrogens with zero attached hydrogens (tertiary/aromatic N) is 3. The van der Waals surface area contributed by atoms with E-state index in [1.807, 2.05) is 12.3 Å². The van der Waals surface area contributed by atoms with Gasteiger partial charge >= 0.3 is 0 Å². The van der Waals surface area contributed by atoms with Crippen molar-refractivity contribution in [3.05, 3.63) is 108 Å². The minimum absolute atomic E-state index is 0.394. The van der Waals surface area contributed by atoms with Gasteiger partial charge in [0, 0.05) is 18.2 Å². The topological polar surface area (TPSA) is 30.2 Å². The minimum atomic E-state index is 0.394. The monoisotopic (exact) mass is 471 g/mol. The summed E-state index contributed by atoms with van der Waals surface area (Å²) in [5, 5.41) is 0. The Morgan fingerprint density at radius 2 is 1.19 bits per heavy atom. The van der Waals surface area contributed by atoms with Crippen LogP contribution in [0.5, 0.6) is 0 Å². The van der Waals surface area contributed by atoms with Crippen molar-refractivity contribution in [1.82, 2.24) is 9.55 Å². The van der Waals surface area contributed by atoms with Crippen molar-refractivity contribution in [2.75, 3.05) is 0 Å². The Morgan fingerprint density at radius 3 is 1.75 bits per heavy atom. The van der Waals surface area contributed by atoms with E-state index in [0.29, 0.717) is 11.8 Å². The molecule has 0 fully saturated rings. The number of para-hydroxylation sites is 1. The van der Waals surface area contributed by atoms with E-state index in [4.69, 9.17) is 9.98 Å². The molecule has 0 radical (unpaired) electrons. The van der Waals surface area contributed by atoms with Crippen molar-refractivity contribution in [3.8, 4) is 22.3 Å². The number of aliphatic imine (C=N–C) groups is 1. The quantitative estimate of drug-likeness (QED) is 0.227. The van der Waals surface area contributed by atoms with Gasteiger partial charge in [-0.2, -0.15) is 0 Å². The van der Waals surface area contributed by atoms with E-state index in [-0.39, 0.29) is 0 Å². The van der Waals surface area contributed by atoms with E-state index in [9.17, 15) is 0 Å². The Bertz CT molecular complexity index is 1500. The molecule has 0 saturated heterocycles. The Labute approximate surface area is 214 Å². The molecule has 0 spiro atoms. The molecule has 0 bridgehead atoms. The van der Waals surface area contributed by atoms with E-state index in [0.717, 1.165) is 33.7 Å². The van der Waals surface area contributed by atoms with Gasteiger partial charge in [0.05, 0.1) is 22.9 Å². The summed E-state index contributed by atoms with van der Waals surface area (Å²) in [6, 6.07) is 32.0. The molecule has 1 heterocycles. The number of fused-ring (bicyclic) bond motifs is 1. The highest BCUT2D eigenvalue weighted by Crippen LogP contribution is 2.37. The summed E-state index contributed by atoms with van der Waals surface area (Å²) in [4.78, 5) is 10.2. The smallest absolute Gasteiger partial charge is 0.152 e. The Morgan fingerprint density at radius 1 is 0.667 bits per heavy atom. The molecule has 3 nitrogen and oxygen atoms in total. The molecule has 5 aromatic rings. The first kappa shape index (κ1) is 23.7. The lowest BCUT2D eigenvalue weighted by Crippen LogP contribution is -1.99. The van der Waals surface area contributed by atoms with E-state index in [1.165, 1.54) is 22.3 Å². The van der Waals surface area contributed by atoms with Crippen molar-refractivity contribution >= 4 is 22.9 Å². The van der Waals surface area contributed by atoms with Crippen LogP contribution in [0.1, 0.15) is 56.5 Å². The van der Waals surface area contributed by atoms with E-state index >= 15 is 0 Å². The van der Waals surface area contributed by atoms with Crippen LogP contribution in [0.4, 0.5) is 5.69 Å². The lowest BCUT2D eigenvalue weighted by molar-refractivity contribution is 0.834. The predicted molar refractivity (Wildman–Crippen MR) is 153 cm³/mol. The third-order valence-electron chi connectivity index (χ3n) is 6.88. The molecule has 0 aliphatic rings. The van der Waals surface area contributed by atoms with Crippen molar-refractivity contribution in [3.63, 3.8) is 0 Å². The number of aromatic nitrogens is 2. The molecule has 0 atom stereocenters. The molecule has 4 aromatic carbocycles. The van der Waals surface area contributed by atoms with Gasteiger partial charge in [-0.05, 0) is 34.1 Å². The van der Waals surface area contributed by atoms with E-state index < -0.39 is 0 Å². The normalized spacial score (nSPS) is 11.9. The first-order valence-corrected chi connectivity index (χ1v) is 12.7. The van der Waals surface area contributed by atoms with Crippen LogP contribution in [0.25, 0.3) is 33.3 Å². The number of imidazole rings is 1. The summed E-state index contributed by atoms with van der Waals surface area (Å²) in [5.41, 5.74) is 10.4. The lowest BCUT2D eigenvalue weighted by atomic mass is 9.93. The zero-order chi connectivity index (χ0) is 25.2. The fourth-order valence-corrected chi connectivity index (χ4v) is 4.94. The van der Waals surface area contributed by atoms with Gasteiger partial charge in [-0.15, -0.1) is 0 Å². The lowest BCUT2D eigenvalue weighted by Gasteiger charge is -2.16. The summed E-state index contributed by atoms with van der Waals surface area (Å²) in [6.07, 6.45) is 1.94. The second-order valence-corrected chi connectivity index (χ2v) is 9.97. The van der Waals surface area contributed by atoms with Crippen LogP contribution in [0.3, 0.4) is 0 Å². The SMILES string of the molecule is CC(C)c1cccc(C(C)C)c1/N=C/c1nc2c(-c3ccccc3)ccc(-c3ccccc3)c2n1C. The van der Waals surface area contributed by atoms with Gasteiger partial charge in [-0.1, -0.05) is 119 Å². The maximum Gasteiger partial charge on any atom is 0.152 e. The first-order chi connectivity index (χ1) is 17.5.